The molecular formula is C19H26N2O4. The zero-order valence-electron chi connectivity index (χ0n) is 15.2. The number of ether oxygens (including phenoxy) is 1. The molecule has 25 heavy (non-hydrogen) atoms. The Balaban J connectivity index is 2.06. The molecule has 6 nitrogen and oxygen atoms in total. The van der Waals surface area contributed by atoms with Crippen molar-refractivity contribution in [2.24, 2.45) is 11.3 Å². The fourth-order valence-corrected chi connectivity index (χ4v) is 3.46. The van der Waals surface area contributed by atoms with Gasteiger partial charge in [-0.2, -0.15) is 0 Å². The van der Waals surface area contributed by atoms with Gasteiger partial charge in [0.05, 0.1) is 12.7 Å². The van der Waals surface area contributed by atoms with Crippen molar-refractivity contribution in [1.29, 1.82) is 0 Å². The molecule has 3 atom stereocenters. The predicted molar refractivity (Wildman–Crippen MR) is 93.5 cm³/mol. The highest BCUT2D eigenvalue weighted by Crippen LogP contribution is 2.39. The van der Waals surface area contributed by atoms with E-state index in [1.54, 1.807) is 6.92 Å². The second-order valence-corrected chi connectivity index (χ2v) is 6.69. The number of imide groups is 2. The lowest BCUT2D eigenvalue weighted by molar-refractivity contribution is -0.155. The third-order valence-corrected chi connectivity index (χ3v) is 5.08. The first-order chi connectivity index (χ1) is 11.8. The second kappa shape index (κ2) is 7.78. The molecule has 1 fully saturated rings. The van der Waals surface area contributed by atoms with Crippen molar-refractivity contribution in [3.63, 3.8) is 0 Å². The van der Waals surface area contributed by atoms with E-state index in [0.29, 0.717) is 19.4 Å². The van der Waals surface area contributed by atoms with E-state index < -0.39 is 23.3 Å². The van der Waals surface area contributed by atoms with Crippen LogP contribution in [0.3, 0.4) is 0 Å². The van der Waals surface area contributed by atoms with E-state index in [4.69, 9.17) is 4.74 Å². The molecule has 0 spiro atoms. The molecule has 1 aromatic rings. The first-order valence-electron chi connectivity index (χ1n) is 8.62. The van der Waals surface area contributed by atoms with Crippen LogP contribution >= 0.6 is 0 Å². The quantitative estimate of drug-likeness (QED) is 0.770. The van der Waals surface area contributed by atoms with Crippen molar-refractivity contribution in [1.82, 2.24) is 10.2 Å². The summed E-state index contributed by atoms with van der Waals surface area (Å²) in [5.41, 5.74) is -0.156. The Labute approximate surface area is 148 Å². The van der Waals surface area contributed by atoms with Gasteiger partial charge in [0, 0.05) is 7.05 Å². The van der Waals surface area contributed by atoms with Gasteiger partial charge in [-0.15, -0.1) is 0 Å². The Morgan fingerprint density at radius 2 is 1.80 bits per heavy atom. The summed E-state index contributed by atoms with van der Waals surface area (Å²) in [5.74, 6) is -1.20. The van der Waals surface area contributed by atoms with Crippen LogP contribution in [0, 0.1) is 11.3 Å². The van der Waals surface area contributed by atoms with Gasteiger partial charge in [-0.25, -0.2) is 4.79 Å². The van der Waals surface area contributed by atoms with Gasteiger partial charge in [-0.05, 0) is 31.2 Å². The third-order valence-electron chi connectivity index (χ3n) is 5.08. The maximum absolute atomic E-state index is 12.7. The van der Waals surface area contributed by atoms with Gasteiger partial charge in [0.15, 0.2) is 0 Å². The molecule has 1 unspecified atom stereocenters. The SMILES string of the molecule is CC[C@@]1(C(C)C[C@@H](C)OCc2ccccc2)C(=O)NC(=O)N(C)C1=O. The van der Waals surface area contributed by atoms with Crippen LogP contribution in [-0.4, -0.2) is 35.9 Å². The van der Waals surface area contributed by atoms with Crippen LogP contribution in [0.2, 0.25) is 0 Å². The number of hydrogen-bond donors (Lipinski definition) is 1. The number of carbonyl (C=O) groups is 3. The zero-order chi connectivity index (χ0) is 18.6. The van der Waals surface area contributed by atoms with Crippen molar-refractivity contribution in [3.8, 4) is 0 Å². The van der Waals surface area contributed by atoms with E-state index in [1.807, 2.05) is 44.2 Å². The van der Waals surface area contributed by atoms with Crippen molar-refractivity contribution >= 4 is 17.8 Å². The monoisotopic (exact) mass is 346 g/mol. The molecule has 0 aromatic heterocycles. The molecular weight excluding hydrogens is 320 g/mol. The molecule has 0 saturated carbocycles. The Bertz CT molecular complexity index is 646. The van der Waals surface area contributed by atoms with Crippen LogP contribution in [0.4, 0.5) is 4.79 Å². The molecule has 136 valence electrons. The summed E-state index contributed by atoms with van der Waals surface area (Å²) in [6.45, 7) is 6.08. The lowest BCUT2D eigenvalue weighted by atomic mass is 9.69. The summed E-state index contributed by atoms with van der Waals surface area (Å²) >= 11 is 0. The highest BCUT2D eigenvalue weighted by atomic mass is 16.5. The number of carbonyl (C=O) groups excluding carboxylic acids is 3. The molecule has 6 heteroatoms. The smallest absolute Gasteiger partial charge is 0.330 e. The van der Waals surface area contributed by atoms with E-state index in [9.17, 15) is 14.4 Å². The fourth-order valence-electron chi connectivity index (χ4n) is 3.46. The highest BCUT2D eigenvalue weighted by Gasteiger charge is 2.54. The van der Waals surface area contributed by atoms with E-state index in [0.717, 1.165) is 10.5 Å². The van der Waals surface area contributed by atoms with Gasteiger partial charge in [0.25, 0.3) is 0 Å². The minimum atomic E-state index is -1.23. The average Bonchev–Trinajstić information content (AvgIpc) is 2.60. The molecule has 1 aromatic carbocycles. The van der Waals surface area contributed by atoms with E-state index in [-0.39, 0.29) is 12.0 Å². The zero-order valence-corrected chi connectivity index (χ0v) is 15.2. The molecule has 4 amide bonds. The summed E-state index contributed by atoms with van der Waals surface area (Å²) in [4.78, 5) is 37.9. The van der Waals surface area contributed by atoms with Gasteiger partial charge < -0.3 is 4.74 Å². The van der Waals surface area contributed by atoms with Crippen LogP contribution in [0.25, 0.3) is 0 Å². The summed E-state index contributed by atoms with van der Waals surface area (Å²) in [6, 6.07) is 9.17. The summed E-state index contributed by atoms with van der Waals surface area (Å²) in [5, 5.41) is 2.30. The largest absolute Gasteiger partial charge is 0.374 e. The van der Waals surface area contributed by atoms with Crippen LogP contribution in [0.5, 0.6) is 0 Å². The van der Waals surface area contributed by atoms with Gasteiger partial charge >= 0.3 is 6.03 Å². The minimum absolute atomic E-state index is 0.123. The number of amides is 4. The molecule has 1 aliphatic heterocycles. The Morgan fingerprint density at radius 1 is 1.16 bits per heavy atom. The summed E-state index contributed by atoms with van der Waals surface area (Å²) < 4.78 is 5.87. The highest BCUT2D eigenvalue weighted by molar-refractivity contribution is 6.19. The van der Waals surface area contributed by atoms with Crippen molar-refractivity contribution in [3.05, 3.63) is 35.9 Å². The first-order valence-corrected chi connectivity index (χ1v) is 8.62. The number of nitrogens with zero attached hydrogens (tertiary/aromatic N) is 1. The van der Waals surface area contributed by atoms with Crippen LogP contribution in [0.15, 0.2) is 30.3 Å². The maximum atomic E-state index is 12.7. The fraction of sp³-hybridized carbons (Fsp3) is 0.526. The van der Waals surface area contributed by atoms with Gasteiger partial charge in [-0.3, -0.25) is 19.8 Å². The van der Waals surface area contributed by atoms with Gasteiger partial charge in [0.1, 0.15) is 5.41 Å². The number of hydrogen-bond acceptors (Lipinski definition) is 4. The van der Waals surface area contributed by atoms with Crippen LogP contribution in [-0.2, 0) is 20.9 Å². The Kier molecular flexibility index (Phi) is 5.95. The van der Waals surface area contributed by atoms with E-state index >= 15 is 0 Å². The third kappa shape index (κ3) is 3.74. The Morgan fingerprint density at radius 3 is 2.40 bits per heavy atom. The number of nitrogens with one attached hydrogen (secondary N) is 1. The summed E-state index contributed by atoms with van der Waals surface area (Å²) in [7, 11) is 1.40. The maximum Gasteiger partial charge on any atom is 0.330 e. The van der Waals surface area contributed by atoms with Crippen molar-refractivity contribution in [2.45, 2.75) is 46.3 Å². The number of barbiturate groups is 1. The lowest BCUT2D eigenvalue weighted by Crippen LogP contribution is -2.64. The van der Waals surface area contributed by atoms with E-state index in [1.165, 1.54) is 7.05 Å². The molecule has 1 heterocycles. The molecule has 2 rings (SSSR count). The van der Waals surface area contributed by atoms with Gasteiger partial charge in [-0.1, -0.05) is 44.2 Å². The van der Waals surface area contributed by atoms with Crippen molar-refractivity contribution < 1.29 is 19.1 Å². The molecule has 0 bridgehead atoms. The molecule has 1 aliphatic rings. The molecule has 0 radical (unpaired) electrons. The topological polar surface area (TPSA) is 75.7 Å². The van der Waals surface area contributed by atoms with Gasteiger partial charge in [0.2, 0.25) is 11.8 Å². The lowest BCUT2D eigenvalue weighted by Gasteiger charge is -2.41. The second-order valence-electron chi connectivity index (χ2n) is 6.69. The van der Waals surface area contributed by atoms with Crippen molar-refractivity contribution in [2.75, 3.05) is 7.05 Å². The first kappa shape index (κ1) is 19.1. The standard InChI is InChI=1S/C19H26N2O4/c1-5-19(16(22)20-18(24)21(4)17(19)23)13(2)11-14(3)25-12-15-9-7-6-8-10-15/h6-10,13-14H,5,11-12H2,1-4H3,(H,20,22,24)/t13?,14-,19-/m1/s1. The average molecular weight is 346 g/mol. The predicted octanol–water partition coefficient (Wildman–Crippen LogP) is 2.72. The molecule has 0 aliphatic carbocycles. The van der Waals surface area contributed by atoms with E-state index in [2.05, 4.69) is 5.32 Å². The molecule has 1 saturated heterocycles. The summed E-state index contributed by atoms with van der Waals surface area (Å²) in [6.07, 6.45) is 0.756. The van der Waals surface area contributed by atoms with Crippen LogP contribution < -0.4 is 5.32 Å². The Hall–Kier alpha value is -2.21. The number of urea groups is 1. The normalized spacial score (nSPS) is 23.4. The minimum Gasteiger partial charge on any atom is -0.374 e. The number of rotatable bonds is 7. The molecule has 1 N–H and O–H groups in total. The van der Waals surface area contributed by atoms with Crippen LogP contribution in [0.1, 0.15) is 39.2 Å². The number of benzene rings is 1.